The smallest absolute Gasteiger partial charge is 0.221 e. The summed E-state index contributed by atoms with van der Waals surface area (Å²) in [6, 6.07) is 13.7. The Bertz CT molecular complexity index is 788. The first-order valence-corrected chi connectivity index (χ1v) is 8.37. The van der Waals surface area contributed by atoms with Gasteiger partial charge in [0.25, 0.3) is 0 Å². The summed E-state index contributed by atoms with van der Waals surface area (Å²) in [4.78, 5) is 16.6. The number of hydrogen-bond acceptors (Lipinski definition) is 3. The lowest BCUT2D eigenvalue weighted by Crippen LogP contribution is -2.29. The van der Waals surface area contributed by atoms with E-state index in [0.717, 1.165) is 22.4 Å². The monoisotopic (exact) mass is 334 g/mol. The molecule has 3 aromatic rings. The molecule has 5 nitrogen and oxygen atoms in total. The van der Waals surface area contributed by atoms with Crippen LogP contribution in [0.2, 0.25) is 0 Å². The SMILES string of the molecule is Cc1c(CCC(=O)NC(c2ccccc2)c2ccncc2)cnn1C. The molecule has 1 N–H and O–H groups in total. The summed E-state index contributed by atoms with van der Waals surface area (Å²) in [5.74, 6) is 0.0221. The average Bonchev–Trinajstić information content (AvgIpc) is 2.98. The number of benzene rings is 1. The quantitative estimate of drug-likeness (QED) is 0.754. The van der Waals surface area contributed by atoms with Crippen LogP contribution in [0.15, 0.2) is 61.1 Å². The predicted octanol–water partition coefficient (Wildman–Crippen LogP) is 2.96. The zero-order chi connectivity index (χ0) is 17.6. The average molecular weight is 334 g/mol. The molecule has 2 heterocycles. The molecule has 0 saturated heterocycles. The van der Waals surface area contributed by atoms with Gasteiger partial charge in [-0.3, -0.25) is 14.5 Å². The number of nitrogens with one attached hydrogen (secondary N) is 1. The largest absolute Gasteiger partial charge is 0.345 e. The first kappa shape index (κ1) is 16.9. The zero-order valence-corrected chi connectivity index (χ0v) is 14.5. The lowest BCUT2D eigenvalue weighted by atomic mass is 9.99. The van der Waals surface area contributed by atoms with Gasteiger partial charge in [-0.15, -0.1) is 0 Å². The Morgan fingerprint density at radius 1 is 1.12 bits per heavy atom. The molecule has 0 bridgehead atoms. The van der Waals surface area contributed by atoms with Crippen LogP contribution >= 0.6 is 0 Å². The van der Waals surface area contributed by atoms with Gasteiger partial charge in [-0.25, -0.2) is 0 Å². The maximum absolute atomic E-state index is 12.5. The zero-order valence-electron chi connectivity index (χ0n) is 14.5. The number of hydrogen-bond donors (Lipinski definition) is 1. The van der Waals surface area contributed by atoms with Crippen LogP contribution in [0.25, 0.3) is 0 Å². The molecule has 128 valence electrons. The standard InChI is InChI=1S/C20H22N4O/c1-15-18(14-22-24(15)2)8-9-19(25)23-20(16-6-4-3-5-7-16)17-10-12-21-13-11-17/h3-7,10-14,20H,8-9H2,1-2H3,(H,23,25). The molecular formula is C20H22N4O. The van der Waals surface area contributed by atoms with Gasteiger partial charge in [0.05, 0.1) is 12.2 Å². The van der Waals surface area contributed by atoms with E-state index in [2.05, 4.69) is 15.4 Å². The van der Waals surface area contributed by atoms with Crippen LogP contribution in [0.4, 0.5) is 0 Å². The number of pyridine rings is 1. The Labute approximate surface area is 147 Å². The molecule has 3 rings (SSSR count). The second kappa shape index (κ2) is 7.75. The molecule has 0 aliphatic heterocycles. The minimum absolute atomic E-state index is 0.0221. The van der Waals surface area contributed by atoms with Crippen molar-refractivity contribution in [2.75, 3.05) is 0 Å². The number of amides is 1. The molecule has 0 saturated carbocycles. The summed E-state index contributed by atoms with van der Waals surface area (Å²) in [5.41, 5.74) is 4.28. The molecule has 0 aliphatic carbocycles. The summed E-state index contributed by atoms with van der Waals surface area (Å²) >= 11 is 0. The van der Waals surface area contributed by atoms with Crippen LogP contribution in [0.3, 0.4) is 0 Å². The van der Waals surface area contributed by atoms with Gasteiger partial charge in [0, 0.05) is 31.6 Å². The summed E-state index contributed by atoms with van der Waals surface area (Å²) in [7, 11) is 1.91. The number of aryl methyl sites for hydroxylation is 2. The van der Waals surface area contributed by atoms with Crippen LogP contribution in [-0.2, 0) is 18.3 Å². The molecule has 1 aromatic carbocycles. The molecule has 1 amide bonds. The number of carbonyl (C=O) groups excluding carboxylic acids is 1. The summed E-state index contributed by atoms with van der Waals surface area (Å²) in [6.07, 6.45) is 6.44. The van der Waals surface area contributed by atoms with Crippen molar-refractivity contribution in [1.82, 2.24) is 20.1 Å². The third kappa shape index (κ3) is 4.12. The fraction of sp³-hybridized carbons (Fsp3) is 0.250. The molecule has 0 spiro atoms. The van der Waals surface area contributed by atoms with Crippen molar-refractivity contribution >= 4 is 5.91 Å². The van der Waals surface area contributed by atoms with Crippen LogP contribution in [0.1, 0.15) is 34.8 Å². The van der Waals surface area contributed by atoms with E-state index in [-0.39, 0.29) is 11.9 Å². The predicted molar refractivity (Wildman–Crippen MR) is 96.9 cm³/mol. The summed E-state index contributed by atoms with van der Waals surface area (Å²) < 4.78 is 1.83. The Balaban J connectivity index is 1.72. The first-order valence-electron chi connectivity index (χ1n) is 8.37. The Morgan fingerprint density at radius 3 is 2.44 bits per heavy atom. The summed E-state index contributed by atoms with van der Waals surface area (Å²) in [6.45, 7) is 2.02. The van der Waals surface area contributed by atoms with E-state index in [1.807, 2.05) is 67.3 Å². The normalized spacial score (nSPS) is 11.9. The minimum atomic E-state index is -0.174. The number of aromatic nitrogens is 3. The highest BCUT2D eigenvalue weighted by atomic mass is 16.1. The topological polar surface area (TPSA) is 59.8 Å². The molecular weight excluding hydrogens is 312 g/mol. The van der Waals surface area contributed by atoms with E-state index in [1.54, 1.807) is 12.4 Å². The molecule has 5 heteroatoms. The van der Waals surface area contributed by atoms with E-state index in [9.17, 15) is 4.79 Å². The minimum Gasteiger partial charge on any atom is -0.345 e. The highest BCUT2D eigenvalue weighted by Crippen LogP contribution is 2.21. The molecule has 25 heavy (non-hydrogen) atoms. The van der Waals surface area contributed by atoms with Crippen LogP contribution < -0.4 is 5.32 Å². The van der Waals surface area contributed by atoms with Gasteiger partial charge >= 0.3 is 0 Å². The van der Waals surface area contributed by atoms with E-state index < -0.39 is 0 Å². The van der Waals surface area contributed by atoms with Gasteiger partial charge in [-0.05, 0) is 42.2 Å². The molecule has 1 atom stereocenters. The van der Waals surface area contributed by atoms with Crippen molar-refractivity contribution in [3.63, 3.8) is 0 Å². The van der Waals surface area contributed by atoms with E-state index in [4.69, 9.17) is 0 Å². The Morgan fingerprint density at radius 2 is 1.80 bits per heavy atom. The van der Waals surface area contributed by atoms with Crippen molar-refractivity contribution in [2.24, 2.45) is 7.05 Å². The van der Waals surface area contributed by atoms with Crippen molar-refractivity contribution < 1.29 is 4.79 Å². The second-order valence-corrected chi connectivity index (χ2v) is 6.07. The molecule has 1 unspecified atom stereocenters. The van der Waals surface area contributed by atoms with E-state index in [0.29, 0.717) is 12.8 Å². The van der Waals surface area contributed by atoms with E-state index >= 15 is 0 Å². The third-order valence-corrected chi connectivity index (χ3v) is 4.44. The van der Waals surface area contributed by atoms with Gasteiger partial charge in [0.1, 0.15) is 0 Å². The Hall–Kier alpha value is -2.95. The lowest BCUT2D eigenvalue weighted by molar-refractivity contribution is -0.121. The number of carbonyl (C=O) groups is 1. The summed E-state index contributed by atoms with van der Waals surface area (Å²) in [5, 5.41) is 7.38. The Kier molecular flexibility index (Phi) is 5.23. The van der Waals surface area contributed by atoms with Gasteiger partial charge in [0.15, 0.2) is 0 Å². The van der Waals surface area contributed by atoms with Gasteiger partial charge in [0.2, 0.25) is 5.91 Å². The maximum Gasteiger partial charge on any atom is 0.221 e. The van der Waals surface area contributed by atoms with Gasteiger partial charge in [-0.1, -0.05) is 30.3 Å². The number of nitrogens with zero attached hydrogens (tertiary/aromatic N) is 3. The number of rotatable bonds is 6. The van der Waals surface area contributed by atoms with E-state index in [1.165, 1.54) is 0 Å². The molecule has 2 aromatic heterocycles. The second-order valence-electron chi connectivity index (χ2n) is 6.07. The molecule has 0 radical (unpaired) electrons. The van der Waals surface area contributed by atoms with Crippen molar-refractivity contribution in [2.45, 2.75) is 25.8 Å². The first-order chi connectivity index (χ1) is 12.1. The lowest BCUT2D eigenvalue weighted by Gasteiger charge is -2.19. The van der Waals surface area contributed by atoms with Crippen LogP contribution in [-0.4, -0.2) is 20.7 Å². The van der Waals surface area contributed by atoms with Crippen LogP contribution in [0, 0.1) is 6.92 Å². The highest BCUT2D eigenvalue weighted by Gasteiger charge is 2.17. The fourth-order valence-corrected chi connectivity index (χ4v) is 2.83. The maximum atomic E-state index is 12.5. The van der Waals surface area contributed by atoms with Crippen molar-refractivity contribution in [3.8, 4) is 0 Å². The highest BCUT2D eigenvalue weighted by molar-refractivity contribution is 5.77. The van der Waals surface area contributed by atoms with Crippen molar-refractivity contribution in [3.05, 3.63) is 83.4 Å². The van der Waals surface area contributed by atoms with Gasteiger partial charge < -0.3 is 5.32 Å². The van der Waals surface area contributed by atoms with Gasteiger partial charge in [-0.2, -0.15) is 5.10 Å². The van der Waals surface area contributed by atoms with Crippen molar-refractivity contribution in [1.29, 1.82) is 0 Å². The fourth-order valence-electron chi connectivity index (χ4n) is 2.83. The molecule has 0 fully saturated rings. The van der Waals surface area contributed by atoms with Crippen LogP contribution in [0.5, 0.6) is 0 Å². The third-order valence-electron chi connectivity index (χ3n) is 4.44. The molecule has 0 aliphatic rings.